The van der Waals surface area contributed by atoms with Crippen molar-refractivity contribution < 1.29 is 14.2 Å². The van der Waals surface area contributed by atoms with E-state index in [0.717, 1.165) is 11.1 Å². The number of H-pyrrole nitrogens is 1. The van der Waals surface area contributed by atoms with Crippen LogP contribution in [0.4, 0.5) is 0 Å². The van der Waals surface area contributed by atoms with Gasteiger partial charge in [0, 0.05) is 11.1 Å². The molecule has 0 aliphatic carbocycles. The molecule has 0 bridgehead atoms. The Kier molecular flexibility index (Phi) is 4.83. The Morgan fingerprint density at radius 3 is 2.93 bits per heavy atom. The maximum atomic E-state index is 6.28. The summed E-state index contributed by atoms with van der Waals surface area (Å²) in [6.45, 7) is 0.975. The van der Waals surface area contributed by atoms with Crippen molar-refractivity contribution in [2.75, 3.05) is 20.3 Å². The van der Waals surface area contributed by atoms with Crippen LogP contribution >= 0.6 is 23.8 Å². The second-order valence-electron chi connectivity index (χ2n) is 5.64. The Balaban J connectivity index is 1.74. The molecule has 0 radical (unpaired) electrons. The Labute approximate surface area is 165 Å². The molecular weight excluding hydrogens is 388 g/mol. The van der Waals surface area contributed by atoms with Crippen LogP contribution in [0.25, 0.3) is 11.4 Å². The van der Waals surface area contributed by atoms with Crippen LogP contribution in [0.15, 0.2) is 41.5 Å². The second-order valence-corrected chi connectivity index (χ2v) is 6.43. The molecule has 1 aliphatic rings. The first-order valence-corrected chi connectivity index (χ1v) is 8.90. The van der Waals surface area contributed by atoms with Crippen LogP contribution in [0.5, 0.6) is 17.2 Å². The summed E-state index contributed by atoms with van der Waals surface area (Å²) in [5.41, 5.74) is 1.49. The van der Waals surface area contributed by atoms with Gasteiger partial charge in [0.15, 0.2) is 17.3 Å². The molecule has 4 rings (SSSR count). The largest absolute Gasteiger partial charge is 0.493 e. The van der Waals surface area contributed by atoms with Gasteiger partial charge < -0.3 is 14.2 Å². The lowest BCUT2D eigenvalue weighted by Gasteiger charge is -2.20. The van der Waals surface area contributed by atoms with Gasteiger partial charge in [0.1, 0.15) is 13.2 Å². The van der Waals surface area contributed by atoms with E-state index in [9.17, 15) is 0 Å². The fourth-order valence-corrected chi connectivity index (χ4v) is 3.11. The molecule has 0 saturated carbocycles. The predicted octanol–water partition coefficient (Wildman–Crippen LogP) is 3.92. The van der Waals surface area contributed by atoms with Crippen LogP contribution in [0.2, 0.25) is 5.02 Å². The number of rotatable bonds is 4. The molecule has 1 aromatic heterocycles. The van der Waals surface area contributed by atoms with Crippen LogP contribution in [0.3, 0.4) is 0 Å². The number of aromatic amines is 1. The molecule has 27 heavy (non-hydrogen) atoms. The number of halogens is 1. The fraction of sp³-hybridized carbons (Fsp3) is 0.167. The molecule has 1 N–H and O–H groups in total. The van der Waals surface area contributed by atoms with Crippen LogP contribution < -0.4 is 14.2 Å². The number of hydrogen-bond donors (Lipinski definition) is 1. The SMILES string of the molecule is COc1cc(/C=N\n2c(-c3ccccc3Cl)n[nH]c2=S)cc2c1OCCO2. The zero-order valence-electron chi connectivity index (χ0n) is 14.3. The number of hydrogen-bond acceptors (Lipinski definition) is 6. The lowest BCUT2D eigenvalue weighted by Crippen LogP contribution is -2.16. The standard InChI is InChI=1S/C18H15ClN4O3S/c1-24-14-8-11(9-15-16(14)26-7-6-25-15)10-20-23-17(21-22-18(23)27)12-4-2-3-5-13(12)19/h2-5,8-10H,6-7H2,1H3,(H,22,27)/b20-10-. The van der Waals surface area contributed by atoms with E-state index >= 15 is 0 Å². The molecule has 138 valence electrons. The van der Waals surface area contributed by atoms with Gasteiger partial charge in [0.2, 0.25) is 10.5 Å². The molecule has 0 unspecified atom stereocenters. The van der Waals surface area contributed by atoms with Crippen LogP contribution in [0, 0.1) is 4.77 Å². The van der Waals surface area contributed by atoms with E-state index in [2.05, 4.69) is 15.3 Å². The zero-order chi connectivity index (χ0) is 18.8. The van der Waals surface area contributed by atoms with Crippen molar-refractivity contribution in [2.45, 2.75) is 0 Å². The molecule has 0 atom stereocenters. The number of nitrogens with zero attached hydrogens (tertiary/aromatic N) is 3. The first-order chi connectivity index (χ1) is 13.2. The molecule has 9 heteroatoms. The number of methoxy groups -OCH3 is 1. The van der Waals surface area contributed by atoms with E-state index in [4.69, 9.17) is 38.0 Å². The Bertz CT molecular complexity index is 1060. The molecule has 0 amide bonds. The maximum absolute atomic E-state index is 6.28. The highest BCUT2D eigenvalue weighted by Crippen LogP contribution is 2.40. The smallest absolute Gasteiger partial charge is 0.216 e. The average molecular weight is 403 g/mol. The second kappa shape index (κ2) is 7.42. The van der Waals surface area contributed by atoms with Crippen LogP contribution in [-0.4, -0.2) is 41.4 Å². The minimum Gasteiger partial charge on any atom is -0.493 e. The van der Waals surface area contributed by atoms with Crippen molar-refractivity contribution in [3.05, 3.63) is 51.8 Å². The molecule has 1 aliphatic heterocycles. The summed E-state index contributed by atoms with van der Waals surface area (Å²) in [7, 11) is 1.58. The maximum Gasteiger partial charge on any atom is 0.216 e. The highest BCUT2D eigenvalue weighted by Gasteiger charge is 2.18. The molecule has 0 fully saturated rings. The van der Waals surface area contributed by atoms with Gasteiger partial charge in [-0.15, -0.1) is 0 Å². The van der Waals surface area contributed by atoms with Gasteiger partial charge in [-0.2, -0.15) is 14.9 Å². The number of benzene rings is 2. The minimum atomic E-state index is 0.352. The fourth-order valence-electron chi connectivity index (χ4n) is 2.71. The lowest BCUT2D eigenvalue weighted by molar-refractivity contribution is 0.165. The number of ether oxygens (including phenoxy) is 3. The Hall–Kier alpha value is -2.84. The van der Waals surface area contributed by atoms with Gasteiger partial charge in [0.25, 0.3) is 0 Å². The Morgan fingerprint density at radius 1 is 1.30 bits per heavy atom. The summed E-state index contributed by atoms with van der Waals surface area (Å²) < 4.78 is 18.5. The molecule has 2 heterocycles. The van der Waals surface area contributed by atoms with Gasteiger partial charge in [-0.05, 0) is 36.5 Å². The topological polar surface area (TPSA) is 73.7 Å². The van der Waals surface area contributed by atoms with Gasteiger partial charge in [-0.25, -0.2) is 5.10 Å². The third-order valence-electron chi connectivity index (χ3n) is 3.94. The average Bonchev–Trinajstić information content (AvgIpc) is 3.06. The van der Waals surface area contributed by atoms with Crippen molar-refractivity contribution in [1.29, 1.82) is 0 Å². The van der Waals surface area contributed by atoms with E-state index in [0.29, 0.717) is 46.1 Å². The van der Waals surface area contributed by atoms with Crippen molar-refractivity contribution >= 4 is 30.0 Å². The summed E-state index contributed by atoms with van der Waals surface area (Å²) in [5.74, 6) is 2.31. The highest BCUT2D eigenvalue weighted by atomic mass is 35.5. The zero-order valence-corrected chi connectivity index (χ0v) is 15.9. The monoisotopic (exact) mass is 402 g/mol. The molecule has 3 aromatic rings. The first-order valence-electron chi connectivity index (χ1n) is 8.11. The third kappa shape index (κ3) is 3.41. The third-order valence-corrected chi connectivity index (χ3v) is 4.53. The number of aromatic nitrogens is 3. The molecule has 0 spiro atoms. The first kappa shape index (κ1) is 17.6. The quantitative estimate of drug-likeness (QED) is 0.528. The van der Waals surface area contributed by atoms with Crippen LogP contribution in [-0.2, 0) is 0 Å². The van der Waals surface area contributed by atoms with E-state index < -0.39 is 0 Å². The van der Waals surface area contributed by atoms with Crippen molar-refractivity contribution in [2.24, 2.45) is 5.10 Å². The van der Waals surface area contributed by atoms with Crippen molar-refractivity contribution in [3.8, 4) is 28.6 Å². The number of nitrogens with one attached hydrogen (secondary N) is 1. The van der Waals surface area contributed by atoms with Crippen molar-refractivity contribution in [1.82, 2.24) is 14.9 Å². The van der Waals surface area contributed by atoms with E-state index in [1.165, 1.54) is 4.68 Å². The summed E-state index contributed by atoms with van der Waals surface area (Å²) in [5, 5.41) is 12.0. The van der Waals surface area contributed by atoms with Crippen molar-refractivity contribution in [3.63, 3.8) is 0 Å². The predicted molar refractivity (Wildman–Crippen MR) is 105 cm³/mol. The van der Waals surface area contributed by atoms with Crippen LogP contribution in [0.1, 0.15) is 5.56 Å². The van der Waals surface area contributed by atoms with Gasteiger partial charge in [-0.3, -0.25) is 0 Å². The minimum absolute atomic E-state index is 0.352. The summed E-state index contributed by atoms with van der Waals surface area (Å²) in [6.07, 6.45) is 1.65. The number of fused-ring (bicyclic) bond motifs is 1. The summed E-state index contributed by atoms with van der Waals surface area (Å²) in [6, 6.07) is 11.0. The van der Waals surface area contributed by atoms with Gasteiger partial charge in [0.05, 0.1) is 18.3 Å². The molecule has 7 nitrogen and oxygen atoms in total. The molecule has 0 saturated heterocycles. The van der Waals surface area contributed by atoms with Gasteiger partial charge in [-0.1, -0.05) is 23.7 Å². The molecule has 2 aromatic carbocycles. The van der Waals surface area contributed by atoms with E-state index in [1.54, 1.807) is 19.4 Å². The van der Waals surface area contributed by atoms with E-state index in [-0.39, 0.29) is 0 Å². The van der Waals surface area contributed by atoms with E-state index in [1.807, 2.05) is 30.3 Å². The summed E-state index contributed by atoms with van der Waals surface area (Å²) in [4.78, 5) is 0. The normalized spacial score (nSPS) is 13.1. The Morgan fingerprint density at radius 2 is 2.11 bits per heavy atom. The summed E-state index contributed by atoms with van der Waals surface area (Å²) >= 11 is 11.6. The molecular formula is C18H15ClN4O3S. The lowest BCUT2D eigenvalue weighted by atomic mass is 10.2. The highest BCUT2D eigenvalue weighted by molar-refractivity contribution is 7.71. The van der Waals surface area contributed by atoms with Gasteiger partial charge >= 0.3 is 0 Å².